The lowest BCUT2D eigenvalue weighted by Gasteiger charge is -2.07. The summed E-state index contributed by atoms with van der Waals surface area (Å²) in [4.78, 5) is 22.4. The maximum absolute atomic E-state index is 12.2. The molecule has 126 valence electrons. The highest BCUT2D eigenvalue weighted by Gasteiger charge is 2.15. The first-order valence-corrected chi connectivity index (χ1v) is 7.47. The summed E-state index contributed by atoms with van der Waals surface area (Å²) in [5.74, 6) is -0.731. The Hall–Kier alpha value is -3.37. The first kappa shape index (κ1) is 18.0. The number of aryl methyl sites for hydroxylation is 1. The van der Waals surface area contributed by atoms with E-state index in [-0.39, 0.29) is 22.0 Å². The predicted molar refractivity (Wildman–Crippen MR) is 95.2 cm³/mol. The number of hydrogen-bond donors (Lipinski definition) is 2. The summed E-state index contributed by atoms with van der Waals surface area (Å²) in [5, 5.41) is 25.3. The Kier molecular flexibility index (Phi) is 5.71. The number of non-ortho nitro benzene ring substituents is 1. The Morgan fingerprint density at radius 3 is 2.72 bits per heavy atom. The quantitative estimate of drug-likeness (QED) is 0.364. The Bertz CT molecular complexity index is 903. The topological polar surface area (TPSA) is 108 Å². The number of amides is 1. The van der Waals surface area contributed by atoms with Crippen LogP contribution in [0.25, 0.3) is 0 Å². The van der Waals surface area contributed by atoms with Crippen LogP contribution in [-0.4, -0.2) is 10.8 Å². The van der Waals surface area contributed by atoms with Crippen LogP contribution < -0.4 is 10.6 Å². The van der Waals surface area contributed by atoms with E-state index in [4.69, 9.17) is 16.9 Å². The van der Waals surface area contributed by atoms with E-state index in [1.54, 1.807) is 12.1 Å². The molecule has 2 N–H and O–H groups in total. The molecule has 2 aromatic rings. The molecular formula is C17H13ClN4O3. The standard InChI is InChI=1S/C17H13ClN4O3/c1-11-3-2-4-13(7-11)20-10-12(9-19)17(23)21-16-8-14(22(24)25)5-6-15(16)18/h2-8,10,20H,1H3,(H,21,23)/b12-10-. The average Bonchev–Trinajstić information content (AvgIpc) is 2.57. The Morgan fingerprint density at radius 1 is 1.32 bits per heavy atom. The lowest BCUT2D eigenvalue weighted by molar-refractivity contribution is -0.384. The summed E-state index contributed by atoms with van der Waals surface area (Å²) in [6.45, 7) is 1.91. The molecule has 1 amide bonds. The number of nitrogens with zero attached hydrogens (tertiary/aromatic N) is 2. The maximum atomic E-state index is 12.2. The van der Waals surface area contributed by atoms with Gasteiger partial charge < -0.3 is 10.6 Å². The lowest BCUT2D eigenvalue weighted by Crippen LogP contribution is -2.15. The molecule has 8 heteroatoms. The van der Waals surface area contributed by atoms with Crippen molar-refractivity contribution in [1.29, 1.82) is 5.26 Å². The minimum absolute atomic E-state index is 0.0533. The molecule has 0 saturated heterocycles. The molecule has 2 aromatic carbocycles. The highest BCUT2D eigenvalue weighted by Crippen LogP contribution is 2.27. The van der Waals surface area contributed by atoms with Crippen LogP contribution in [0.3, 0.4) is 0 Å². The van der Waals surface area contributed by atoms with Crippen molar-refractivity contribution in [2.45, 2.75) is 6.92 Å². The molecule has 0 bridgehead atoms. The van der Waals surface area contributed by atoms with Crippen LogP contribution in [0.5, 0.6) is 0 Å². The first-order valence-electron chi connectivity index (χ1n) is 7.09. The molecule has 0 heterocycles. The molecule has 0 aliphatic carbocycles. The van der Waals surface area contributed by atoms with Crippen LogP contribution in [0.4, 0.5) is 17.1 Å². The van der Waals surface area contributed by atoms with Crippen molar-refractivity contribution >= 4 is 34.6 Å². The number of carbonyl (C=O) groups excluding carboxylic acids is 1. The second kappa shape index (κ2) is 7.95. The smallest absolute Gasteiger partial charge is 0.271 e. The van der Waals surface area contributed by atoms with Gasteiger partial charge in [0.25, 0.3) is 11.6 Å². The fraction of sp³-hybridized carbons (Fsp3) is 0.0588. The number of nitriles is 1. The molecular weight excluding hydrogens is 344 g/mol. The van der Waals surface area contributed by atoms with Crippen molar-refractivity contribution in [3.8, 4) is 6.07 Å². The fourth-order valence-electron chi connectivity index (χ4n) is 1.95. The van der Waals surface area contributed by atoms with Gasteiger partial charge in [-0.05, 0) is 30.7 Å². The Morgan fingerprint density at radius 2 is 2.08 bits per heavy atom. The van der Waals surface area contributed by atoms with Crippen LogP contribution in [-0.2, 0) is 4.79 Å². The van der Waals surface area contributed by atoms with E-state index >= 15 is 0 Å². The van der Waals surface area contributed by atoms with E-state index in [2.05, 4.69) is 10.6 Å². The molecule has 0 fully saturated rings. The van der Waals surface area contributed by atoms with Gasteiger partial charge in [-0.1, -0.05) is 23.7 Å². The zero-order valence-corrected chi connectivity index (χ0v) is 13.9. The molecule has 25 heavy (non-hydrogen) atoms. The van der Waals surface area contributed by atoms with Crippen molar-refractivity contribution in [3.63, 3.8) is 0 Å². The fourth-order valence-corrected chi connectivity index (χ4v) is 2.12. The summed E-state index contributed by atoms with van der Waals surface area (Å²) in [5.41, 5.74) is 1.36. The Labute approximate surface area is 148 Å². The molecule has 0 aliphatic heterocycles. The lowest BCUT2D eigenvalue weighted by atomic mass is 10.2. The molecule has 0 unspecified atom stereocenters. The van der Waals surface area contributed by atoms with Gasteiger partial charge in [-0.25, -0.2) is 0 Å². The minimum atomic E-state index is -0.731. The second-order valence-electron chi connectivity index (χ2n) is 5.06. The molecule has 7 nitrogen and oxygen atoms in total. The minimum Gasteiger partial charge on any atom is -0.360 e. The van der Waals surface area contributed by atoms with Gasteiger partial charge in [0.2, 0.25) is 0 Å². The summed E-state index contributed by atoms with van der Waals surface area (Å²) in [6.07, 6.45) is 1.26. The molecule has 0 saturated carbocycles. The SMILES string of the molecule is Cc1cccc(N/C=C(/C#N)C(=O)Nc2cc([N+](=O)[O-])ccc2Cl)c1. The number of nitrogens with one attached hydrogen (secondary N) is 2. The molecule has 0 radical (unpaired) electrons. The number of rotatable bonds is 5. The highest BCUT2D eigenvalue weighted by atomic mass is 35.5. The molecule has 0 spiro atoms. The summed E-state index contributed by atoms with van der Waals surface area (Å²) in [7, 11) is 0. The predicted octanol–water partition coefficient (Wildman–Crippen LogP) is 4.01. The zero-order chi connectivity index (χ0) is 18.4. The number of nitro groups is 1. The molecule has 0 atom stereocenters. The van der Waals surface area contributed by atoms with E-state index in [0.29, 0.717) is 5.69 Å². The van der Waals surface area contributed by atoms with Crippen molar-refractivity contribution < 1.29 is 9.72 Å². The summed E-state index contributed by atoms with van der Waals surface area (Å²) >= 11 is 5.93. The van der Waals surface area contributed by atoms with Crippen molar-refractivity contribution in [2.75, 3.05) is 10.6 Å². The first-order chi connectivity index (χ1) is 11.9. The van der Waals surface area contributed by atoms with Gasteiger partial charge in [0.15, 0.2) is 0 Å². The van der Waals surface area contributed by atoms with Gasteiger partial charge in [0, 0.05) is 24.0 Å². The Balaban J connectivity index is 2.18. The van der Waals surface area contributed by atoms with Crippen LogP contribution >= 0.6 is 11.6 Å². The molecule has 2 rings (SSSR count). The average molecular weight is 357 g/mol. The van der Waals surface area contributed by atoms with Crippen molar-refractivity contribution in [3.05, 3.63) is 74.9 Å². The molecule has 0 aliphatic rings. The number of benzene rings is 2. The number of hydrogen-bond acceptors (Lipinski definition) is 5. The zero-order valence-electron chi connectivity index (χ0n) is 13.1. The van der Waals surface area contributed by atoms with Crippen LogP contribution in [0, 0.1) is 28.4 Å². The van der Waals surface area contributed by atoms with E-state index in [1.807, 2.05) is 25.1 Å². The van der Waals surface area contributed by atoms with Gasteiger partial charge in [-0.3, -0.25) is 14.9 Å². The number of nitro benzene ring substituents is 1. The van der Waals surface area contributed by atoms with Gasteiger partial charge in [-0.15, -0.1) is 0 Å². The van der Waals surface area contributed by atoms with E-state index < -0.39 is 10.8 Å². The van der Waals surface area contributed by atoms with Gasteiger partial charge in [-0.2, -0.15) is 5.26 Å². The second-order valence-corrected chi connectivity index (χ2v) is 5.47. The van der Waals surface area contributed by atoms with Crippen molar-refractivity contribution in [1.82, 2.24) is 0 Å². The highest BCUT2D eigenvalue weighted by molar-refractivity contribution is 6.34. The van der Waals surface area contributed by atoms with E-state index in [9.17, 15) is 14.9 Å². The van der Waals surface area contributed by atoms with Gasteiger partial charge in [0.1, 0.15) is 11.6 Å². The van der Waals surface area contributed by atoms with Crippen LogP contribution in [0.15, 0.2) is 54.2 Å². The molecule has 0 aromatic heterocycles. The van der Waals surface area contributed by atoms with Gasteiger partial charge >= 0.3 is 0 Å². The van der Waals surface area contributed by atoms with E-state index in [0.717, 1.165) is 11.6 Å². The summed E-state index contributed by atoms with van der Waals surface area (Å²) in [6, 6.07) is 12.8. The third-order valence-electron chi connectivity index (χ3n) is 3.18. The monoisotopic (exact) mass is 356 g/mol. The van der Waals surface area contributed by atoms with Crippen LogP contribution in [0.1, 0.15) is 5.56 Å². The maximum Gasteiger partial charge on any atom is 0.271 e. The number of carbonyl (C=O) groups is 1. The van der Waals surface area contributed by atoms with Crippen LogP contribution in [0.2, 0.25) is 5.02 Å². The van der Waals surface area contributed by atoms with Gasteiger partial charge in [0.05, 0.1) is 15.6 Å². The largest absolute Gasteiger partial charge is 0.360 e. The van der Waals surface area contributed by atoms with E-state index in [1.165, 1.54) is 18.3 Å². The normalized spacial score (nSPS) is 10.7. The van der Waals surface area contributed by atoms with Crippen molar-refractivity contribution in [2.24, 2.45) is 0 Å². The number of halogens is 1. The third kappa shape index (κ3) is 4.80. The summed E-state index contributed by atoms with van der Waals surface area (Å²) < 4.78 is 0. The number of anilines is 2. The third-order valence-corrected chi connectivity index (χ3v) is 3.50.